The van der Waals surface area contributed by atoms with E-state index in [1.807, 2.05) is 5.92 Å². The third-order valence-corrected chi connectivity index (χ3v) is 1.57. The highest BCUT2D eigenvalue weighted by Crippen LogP contribution is 2.12. The molecule has 1 rings (SSSR count). The molecule has 4 heteroatoms. The number of benzene rings is 1. The number of carbonyl (C=O) groups is 1. The van der Waals surface area contributed by atoms with Gasteiger partial charge in [0.25, 0.3) is 5.91 Å². The van der Waals surface area contributed by atoms with Crippen LogP contribution in [0.3, 0.4) is 0 Å². The number of hydrogen-bond acceptors (Lipinski definition) is 1. The molecule has 2 N–H and O–H groups in total. The van der Waals surface area contributed by atoms with E-state index in [1.54, 1.807) is 0 Å². The average Bonchev–Trinajstić information content (AvgIpc) is 2.09. The van der Waals surface area contributed by atoms with Crippen molar-refractivity contribution in [2.24, 2.45) is 5.73 Å². The third-order valence-electron chi connectivity index (χ3n) is 1.57. The molecule has 0 aliphatic rings. The zero-order chi connectivity index (χ0) is 10.7. The van der Waals surface area contributed by atoms with Crippen molar-refractivity contribution in [2.75, 3.05) is 0 Å². The minimum Gasteiger partial charge on any atom is -0.359 e. The number of primary amides is 1. The highest BCUT2D eigenvalue weighted by Gasteiger charge is 2.04. The first-order chi connectivity index (χ1) is 6.50. The Morgan fingerprint density at radius 2 is 2.00 bits per heavy atom. The lowest BCUT2D eigenvalue weighted by atomic mass is 10.1. The summed E-state index contributed by atoms with van der Waals surface area (Å²) >= 11 is 0. The second kappa shape index (κ2) is 3.88. The van der Waals surface area contributed by atoms with Crippen molar-refractivity contribution in [2.45, 2.75) is 6.92 Å². The Labute approximate surface area is 79.7 Å². The van der Waals surface area contributed by atoms with Crippen molar-refractivity contribution >= 4 is 5.91 Å². The Bertz CT molecular complexity index is 443. The normalized spacial score (nSPS) is 9.07. The number of aryl methyl sites for hydroxylation is 1. The molecule has 72 valence electrons. The van der Waals surface area contributed by atoms with Gasteiger partial charge in [-0.3, -0.25) is 4.79 Å². The molecule has 0 saturated heterocycles. The van der Waals surface area contributed by atoms with Crippen LogP contribution in [-0.2, 0) is 4.79 Å². The van der Waals surface area contributed by atoms with Crippen molar-refractivity contribution in [3.8, 4) is 11.8 Å². The van der Waals surface area contributed by atoms with Crippen molar-refractivity contribution in [1.82, 2.24) is 0 Å². The molecular formula is C10H7F2NO. The van der Waals surface area contributed by atoms with Crippen LogP contribution in [0.1, 0.15) is 11.1 Å². The molecule has 0 aliphatic carbocycles. The van der Waals surface area contributed by atoms with Gasteiger partial charge in [0, 0.05) is 12.0 Å². The van der Waals surface area contributed by atoms with E-state index in [0.29, 0.717) is 0 Å². The van der Waals surface area contributed by atoms with Crippen LogP contribution in [0.4, 0.5) is 8.78 Å². The summed E-state index contributed by atoms with van der Waals surface area (Å²) < 4.78 is 25.8. The van der Waals surface area contributed by atoms with Crippen LogP contribution in [0.15, 0.2) is 12.1 Å². The van der Waals surface area contributed by atoms with E-state index in [1.165, 1.54) is 13.0 Å². The lowest BCUT2D eigenvalue weighted by Gasteiger charge is -1.98. The molecule has 1 aromatic carbocycles. The molecule has 0 bridgehead atoms. The van der Waals surface area contributed by atoms with Gasteiger partial charge >= 0.3 is 0 Å². The summed E-state index contributed by atoms with van der Waals surface area (Å²) in [6.07, 6.45) is 0. The van der Waals surface area contributed by atoms with E-state index in [2.05, 4.69) is 5.92 Å². The maximum Gasteiger partial charge on any atom is 0.293 e. The molecule has 0 heterocycles. The largest absolute Gasteiger partial charge is 0.359 e. The predicted molar refractivity (Wildman–Crippen MR) is 47.2 cm³/mol. The van der Waals surface area contributed by atoms with Gasteiger partial charge in [0.2, 0.25) is 0 Å². The molecule has 0 fully saturated rings. The highest BCUT2D eigenvalue weighted by molar-refractivity contribution is 5.92. The minimum absolute atomic E-state index is 0.0392. The molecule has 14 heavy (non-hydrogen) atoms. The topological polar surface area (TPSA) is 43.1 Å². The zero-order valence-corrected chi connectivity index (χ0v) is 7.40. The lowest BCUT2D eigenvalue weighted by Crippen LogP contribution is -2.06. The van der Waals surface area contributed by atoms with Crippen molar-refractivity contribution in [3.05, 3.63) is 34.9 Å². The predicted octanol–water partition coefficient (Wildman–Crippen LogP) is 1.11. The standard InChI is InChI=1S/C10H7F2NO/c1-6-4-7(2-3-10(13)14)9(12)5-8(6)11/h4-5H,1H3,(H2,13,14). The van der Waals surface area contributed by atoms with E-state index >= 15 is 0 Å². The average molecular weight is 195 g/mol. The second-order valence-corrected chi connectivity index (χ2v) is 2.70. The second-order valence-electron chi connectivity index (χ2n) is 2.70. The summed E-state index contributed by atoms with van der Waals surface area (Å²) in [5, 5.41) is 0. The van der Waals surface area contributed by atoms with Crippen LogP contribution in [0.5, 0.6) is 0 Å². The van der Waals surface area contributed by atoms with Crippen LogP contribution in [0, 0.1) is 30.4 Å². The van der Waals surface area contributed by atoms with Gasteiger partial charge in [0.1, 0.15) is 11.6 Å². The molecule has 1 aromatic rings. The van der Waals surface area contributed by atoms with E-state index < -0.39 is 17.5 Å². The van der Waals surface area contributed by atoms with Crippen LogP contribution >= 0.6 is 0 Å². The molecule has 0 saturated carbocycles. The minimum atomic E-state index is -0.855. The van der Waals surface area contributed by atoms with Crippen molar-refractivity contribution < 1.29 is 13.6 Å². The van der Waals surface area contributed by atoms with Gasteiger partial charge in [0.15, 0.2) is 0 Å². The van der Waals surface area contributed by atoms with E-state index in [0.717, 1.165) is 6.07 Å². The maximum absolute atomic E-state index is 13.0. The van der Waals surface area contributed by atoms with Crippen LogP contribution in [0.25, 0.3) is 0 Å². The molecule has 2 nitrogen and oxygen atoms in total. The number of hydrogen-bond donors (Lipinski definition) is 1. The van der Waals surface area contributed by atoms with E-state index in [4.69, 9.17) is 5.73 Å². The van der Waals surface area contributed by atoms with Gasteiger partial charge in [-0.2, -0.15) is 0 Å². The number of amides is 1. The van der Waals surface area contributed by atoms with Gasteiger partial charge < -0.3 is 5.73 Å². The summed E-state index contributed by atoms with van der Waals surface area (Å²) in [5.41, 5.74) is 4.97. The summed E-state index contributed by atoms with van der Waals surface area (Å²) in [6.45, 7) is 1.48. The van der Waals surface area contributed by atoms with Crippen LogP contribution in [-0.4, -0.2) is 5.91 Å². The van der Waals surface area contributed by atoms with Crippen LogP contribution in [0.2, 0.25) is 0 Å². The highest BCUT2D eigenvalue weighted by atomic mass is 19.1. The molecule has 0 aliphatic heterocycles. The fourth-order valence-corrected chi connectivity index (χ4v) is 0.882. The first-order valence-corrected chi connectivity index (χ1v) is 3.78. The van der Waals surface area contributed by atoms with E-state index in [-0.39, 0.29) is 11.1 Å². The Morgan fingerprint density at radius 3 is 2.57 bits per heavy atom. The fourth-order valence-electron chi connectivity index (χ4n) is 0.882. The summed E-state index contributed by atoms with van der Waals surface area (Å²) in [5.74, 6) is 1.88. The Balaban J connectivity index is 3.18. The summed E-state index contributed by atoms with van der Waals surface area (Å²) in [7, 11) is 0. The maximum atomic E-state index is 13.0. The molecule has 1 amide bonds. The van der Waals surface area contributed by atoms with Gasteiger partial charge in [-0.1, -0.05) is 5.92 Å². The molecular weight excluding hydrogens is 188 g/mol. The third kappa shape index (κ3) is 2.30. The molecule has 0 spiro atoms. The van der Waals surface area contributed by atoms with Gasteiger partial charge in [0.05, 0.1) is 5.56 Å². The van der Waals surface area contributed by atoms with Gasteiger partial charge in [-0.25, -0.2) is 8.78 Å². The van der Waals surface area contributed by atoms with Crippen molar-refractivity contribution in [3.63, 3.8) is 0 Å². The summed E-state index contributed by atoms with van der Waals surface area (Å²) in [4.78, 5) is 10.3. The molecule has 0 radical (unpaired) electrons. The lowest BCUT2D eigenvalue weighted by molar-refractivity contribution is -0.112. The SMILES string of the molecule is Cc1cc(C#CC(N)=O)c(F)cc1F. The molecule has 0 unspecified atom stereocenters. The van der Waals surface area contributed by atoms with Gasteiger partial charge in [-0.15, -0.1) is 0 Å². The van der Waals surface area contributed by atoms with E-state index in [9.17, 15) is 13.6 Å². The Kier molecular flexibility index (Phi) is 2.82. The van der Waals surface area contributed by atoms with Gasteiger partial charge in [-0.05, 0) is 18.6 Å². The number of rotatable bonds is 0. The van der Waals surface area contributed by atoms with Crippen molar-refractivity contribution in [1.29, 1.82) is 0 Å². The Morgan fingerprint density at radius 1 is 1.36 bits per heavy atom. The first-order valence-electron chi connectivity index (χ1n) is 3.78. The zero-order valence-electron chi connectivity index (χ0n) is 7.40. The first kappa shape index (κ1) is 10.2. The Hall–Kier alpha value is -1.89. The summed E-state index contributed by atoms with van der Waals surface area (Å²) in [6, 6.07) is 1.95. The fraction of sp³-hybridized carbons (Fsp3) is 0.100. The number of carbonyl (C=O) groups excluding carboxylic acids is 1. The quantitative estimate of drug-likeness (QED) is 0.619. The molecule has 0 atom stereocenters. The molecule has 0 aromatic heterocycles. The number of nitrogens with two attached hydrogens (primary N) is 1. The smallest absolute Gasteiger partial charge is 0.293 e. The number of halogens is 2. The van der Waals surface area contributed by atoms with Crippen LogP contribution < -0.4 is 5.73 Å². The monoisotopic (exact) mass is 195 g/mol.